The topological polar surface area (TPSA) is 71.1 Å². The van der Waals surface area contributed by atoms with Gasteiger partial charge in [0.1, 0.15) is 0 Å². The standard InChI is InChI=1S/C23H22F3N3O2S/c1-15(30)27-11-3-5-16-7-9-18(10-8-16)20-14-32-22(28-20)29-21(31)13-17-4-2-6-19(12-17)23(24,25)26/h2,4,6-10,12,14H,3,5,11,13H2,1H3,(H,27,30)(H,28,29,31). The van der Waals surface area contributed by atoms with Crippen molar-refractivity contribution in [2.24, 2.45) is 0 Å². The van der Waals surface area contributed by atoms with Gasteiger partial charge in [0.25, 0.3) is 0 Å². The largest absolute Gasteiger partial charge is 0.416 e. The molecule has 2 amide bonds. The van der Waals surface area contributed by atoms with Crippen LogP contribution in [0.5, 0.6) is 0 Å². The van der Waals surface area contributed by atoms with Gasteiger partial charge in [-0.05, 0) is 30.0 Å². The molecule has 0 atom stereocenters. The summed E-state index contributed by atoms with van der Waals surface area (Å²) in [6, 6.07) is 12.6. The summed E-state index contributed by atoms with van der Waals surface area (Å²) in [6.07, 6.45) is -2.93. The predicted octanol–water partition coefficient (Wildman–Crippen LogP) is 5.08. The lowest BCUT2D eigenvalue weighted by Gasteiger charge is -2.08. The van der Waals surface area contributed by atoms with E-state index in [2.05, 4.69) is 15.6 Å². The maximum atomic E-state index is 12.8. The predicted molar refractivity (Wildman–Crippen MR) is 118 cm³/mol. The Bertz CT molecular complexity index is 1080. The van der Waals surface area contributed by atoms with Crippen LogP contribution in [0.25, 0.3) is 11.3 Å². The van der Waals surface area contributed by atoms with Crippen molar-refractivity contribution < 1.29 is 22.8 Å². The minimum Gasteiger partial charge on any atom is -0.356 e. The molecule has 1 aromatic heterocycles. The van der Waals surface area contributed by atoms with E-state index in [-0.39, 0.29) is 17.9 Å². The van der Waals surface area contributed by atoms with E-state index in [0.29, 0.717) is 17.4 Å². The van der Waals surface area contributed by atoms with Crippen LogP contribution < -0.4 is 10.6 Å². The summed E-state index contributed by atoms with van der Waals surface area (Å²) >= 11 is 1.25. The zero-order valence-electron chi connectivity index (χ0n) is 17.3. The molecule has 0 aliphatic rings. The average Bonchev–Trinajstić information content (AvgIpc) is 3.19. The fourth-order valence-corrected chi connectivity index (χ4v) is 3.81. The number of nitrogens with one attached hydrogen (secondary N) is 2. The Hall–Kier alpha value is -3.20. The van der Waals surface area contributed by atoms with Gasteiger partial charge in [0.05, 0.1) is 17.7 Å². The van der Waals surface area contributed by atoms with Crippen LogP contribution in [0.3, 0.4) is 0 Å². The van der Waals surface area contributed by atoms with Crippen molar-refractivity contribution >= 4 is 28.3 Å². The molecule has 0 aliphatic heterocycles. The first-order valence-corrected chi connectivity index (χ1v) is 10.8. The van der Waals surface area contributed by atoms with Crippen molar-refractivity contribution in [1.29, 1.82) is 0 Å². The molecule has 3 rings (SSSR count). The van der Waals surface area contributed by atoms with Crippen LogP contribution in [-0.2, 0) is 28.6 Å². The van der Waals surface area contributed by atoms with Crippen molar-refractivity contribution in [2.45, 2.75) is 32.4 Å². The highest BCUT2D eigenvalue weighted by Crippen LogP contribution is 2.30. The smallest absolute Gasteiger partial charge is 0.356 e. The van der Waals surface area contributed by atoms with Gasteiger partial charge in [-0.3, -0.25) is 9.59 Å². The molecule has 0 bridgehead atoms. The maximum absolute atomic E-state index is 12.8. The summed E-state index contributed by atoms with van der Waals surface area (Å²) in [5, 5.41) is 7.61. The molecule has 0 radical (unpaired) electrons. The monoisotopic (exact) mass is 461 g/mol. The lowest BCUT2D eigenvalue weighted by molar-refractivity contribution is -0.137. The van der Waals surface area contributed by atoms with Crippen LogP contribution >= 0.6 is 11.3 Å². The molecule has 0 saturated carbocycles. The van der Waals surface area contributed by atoms with Crippen molar-refractivity contribution in [3.63, 3.8) is 0 Å². The van der Waals surface area contributed by atoms with Crippen LogP contribution in [0.2, 0.25) is 0 Å². The molecule has 5 nitrogen and oxygen atoms in total. The van der Waals surface area contributed by atoms with E-state index in [0.717, 1.165) is 36.1 Å². The normalized spacial score (nSPS) is 11.2. The third-order valence-corrected chi connectivity index (χ3v) is 5.39. The number of nitrogens with zero attached hydrogens (tertiary/aromatic N) is 1. The minimum absolute atomic E-state index is 0.0402. The highest BCUT2D eigenvalue weighted by Gasteiger charge is 2.30. The molecule has 0 spiro atoms. The molecule has 32 heavy (non-hydrogen) atoms. The number of hydrogen-bond donors (Lipinski definition) is 2. The molecule has 168 valence electrons. The van der Waals surface area contributed by atoms with Crippen molar-refractivity contribution in [3.05, 3.63) is 70.6 Å². The second-order valence-corrected chi connectivity index (χ2v) is 8.10. The number of carbonyl (C=O) groups excluding carboxylic acids is 2. The van der Waals surface area contributed by atoms with Gasteiger partial charge in [0.2, 0.25) is 11.8 Å². The molecule has 3 aromatic rings. The molecule has 0 unspecified atom stereocenters. The summed E-state index contributed by atoms with van der Waals surface area (Å²) in [7, 11) is 0. The van der Waals surface area contributed by atoms with Gasteiger partial charge in [-0.25, -0.2) is 4.98 Å². The van der Waals surface area contributed by atoms with Crippen LogP contribution in [0.4, 0.5) is 18.3 Å². The Morgan fingerprint density at radius 3 is 2.50 bits per heavy atom. The minimum atomic E-state index is -4.45. The molecular weight excluding hydrogens is 439 g/mol. The second-order valence-electron chi connectivity index (χ2n) is 7.24. The number of thiazole rings is 1. The molecule has 0 saturated heterocycles. The van der Waals surface area contributed by atoms with E-state index in [1.165, 1.54) is 30.4 Å². The summed E-state index contributed by atoms with van der Waals surface area (Å²) in [5.74, 6) is -0.471. The Kier molecular flexibility index (Phi) is 7.63. The lowest BCUT2D eigenvalue weighted by Crippen LogP contribution is -2.21. The highest BCUT2D eigenvalue weighted by molar-refractivity contribution is 7.14. The van der Waals surface area contributed by atoms with E-state index < -0.39 is 17.6 Å². The van der Waals surface area contributed by atoms with Gasteiger partial charge in [-0.2, -0.15) is 13.2 Å². The molecule has 0 aliphatic carbocycles. The zero-order valence-corrected chi connectivity index (χ0v) is 18.1. The molecule has 0 fully saturated rings. The molecular formula is C23H22F3N3O2S. The maximum Gasteiger partial charge on any atom is 0.416 e. The first-order valence-electron chi connectivity index (χ1n) is 9.96. The Labute approximate surface area is 187 Å². The molecule has 2 aromatic carbocycles. The van der Waals surface area contributed by atoms with Crippen molar-refractivity contribution in [3.8, 4) is 11.3 Å². The average molecular weight is 462 g/mol. The van der Waals surface area contributed by atoms with Gasteiger partial charge in [0.15, 0.2) is 5.13 Å². The van der Waals surface area contributed by atoms with E-state index in [1.807, 2.05) is 29.6 Å². The Morgan fingerprint density at radius 1 is 1.06 bits per heavy atom. The number of rotatable bonds is 8. The number of amides is 2. The van der Waals surface area contributed by atoms with Crippen LogP contribution in [0, 0.1) is 0 Å². The number of carbonyl (C=O) groups is 2. The van der Waals surface area contributed by atoms with Crippen molar-refractivity contribution in [1.82, 2.24) is 10.3 Å². The lowest BCUT2D eigenvalue weighted by atomic mass is 10.1. The summed E-state index contributed by atoms with van der Waals surface area (Å²) in [4.78, 5) is 27.5. The number of alkyl halides is 3. The molecule has 2 N–H and O–H groups in total. The van der Waals surface area contributed by atoms with Crippen LogP contribution in [-0.4, -0.2) is 23.3 Å². The van der Waals surface area contributed by atoms with Gasteiger partial charge >= 0.3 is 6.18 Å². The summed E-state index contributed by atoms with van der Waals surface area (Å²) in [5.41, 5.74) is 2.24. The third-order valence-electron chi connectivity index (χ3n) is 4.64. The zero-order chi connectivity index (χ0) is 23.1. The van der Waals surface area contributed by atoms with E-state index in [1.54, 1.807) is 0 Å². The van der Waals surface area contributed by atoms with Gasteiger partial charge in [0, 0.05) is 24.4 Å². The second kappa shape index (κ2) is 10.4. The van der Waals surface area contributed by atoms with E-state index in [4.69, 9.17) is 0 Å². The number of hydrogen-bond acceptors (Lipinski definition) is 4. The number of benzene rings is 2. The first-order chi connectivity index (χ1) is 15.2. The summed E-state index contributed by atoms with van der Waals surface area (Å²) in [6.45, 7) is 2.12. The number of halogens is 3. The first kappa shape index (κ1) is 23.5. The Balaban J connectivity index is 1.55. The number of anilines is 1. The highest BCUT2D eigenvalue weighted by atomic mass is 32.1. The fraction of sp³-hybridized carbons (Fsp3) is 0.261. The quantitative estimate of drug-likeness (QED) is 0.460. The molecule has 1 heterocycles. The fourth-order valence-electron chi connectivity index (χ4n) is 3.07. The van der Waals surface area contributed by atoms with E-state index >= 15 is 0 Å². The van der Waals surface area contributed by atoms with Crippen molar-refractivity contribution in [2.75, 3.05) is 11.9 Å². The van der Waals surface area contributed by atoms with Crippen LogP contribution in [0.1, 0.15) is 30.0 Å². The Morgan fingerprint density at radius 2 is 1.81 bits per heavy atom. The van der Waals surface area contributed by atoms with Gasteiger partial charge in [-0.1, -0.05) is 42.5 Å². The van der Waals surface area contributed by atoms with Gasteiger partial charge < -0.3 is 10.6 Å². The SMILES string of the molecule is CC(=O)NCCCc1ccc(-c2csc(NC(=O)Cc3cccc(C(F)(F)F)c3)n2)cc1. The van der Waals surface area contributed by atoms with E-state index in [9.17, 15) is 22.8 Å². The van der Waals surface area contributed by atoms with Gasteiger partial charge in [-0.15, -0.1) is 11.3 Å². The number of aromatic nitrogens is 1. The van der Waals surface area contributed by atoms with Crippen LogP contribution in [0.15, 0.2) is 53.9 Å². The summed E-state index contributed by atoms with van der Waals surface area (Å²) < 4.78 is 38.5. The number of aryl methyl sites for hydroxylation is 1. The third kappa shape index (κ3) is 6.91. The molecule has 9 heteroatoms.